The van der Waals surface area contributed by atoms with Crippen molar-refractivity contribution in [1.82, 2.24) is 0 Å². The normalized spacial score (nSPS) is 13.1. The quantitative estimate of drug-likeness (QED) is 0.264. The number of hydrogen-bond donors (Lipinski definition) is 0. The zero-order valence-corrected chi connectivity index (χ0v) is 20.6. The van der Waals surface area contributed by atoms with E-state index in [9.17, 15) is 0 Å². The number of aryl methyl sites for hydroxylation is 1. The summed E-state index contributed by atoms with van der Waals surface area (Å²) in [6.07, 6.45) is 9.87. The Bertz CT molecular complexity index is 1560. The average molecular weight is 455 g/mol. The first-order valence-corrected chi connectivity index (χ1v) is 12.4. The predicted molar refractivity (Wildman–Crippen MR) is 151 cm³/mol. The first-order valence-electron chi connectivity index (χ1n) is 12.4. The van der Waals surface area contributed by atoms with Gasteiger partial charge in [-0.25, -0.2) is 0 Å². The van der Waals surface area contributed by atoms with Crippen molar-refractivity contribution in [2.24, 2.45) is 0 Å². The van der Waals surface area contributed by atoms with Gasteiger partial charge in [0.05, 0.1) is 0 Å². The maximum Gasteiger partial charge on any atom is 0.143 e. The lowest BCUT2D eigenvalue weighted by Crippen LogP contribution is -1.85. The van der Waals surface area contributed by atoms with Crippen LogP contribution in [0.3, 0.4) is 0 Å². The van der Waals surface area contributed by atoms with E-state index in [1.165, 1.54) is 44.2 Å². The number of allylic oxidation sites excluding steroid dienone is 6. The van der Waals surface area contributed by atoms with Crippen molar-refractivity contribution < 1.29 is 4.42 Å². The van der Waals surface area contributed by atoms with Gasteiger partial charge in [-0.3, -0.25) is 0 Å². The van der Waals surface area contributed by atoms with E-state index in [1.807, 2.05) is 13.8 Å². The van der Waals surface area contributed by atoms with Gasteiger partial charge in [-0.05, 0) is 52.8 Å². The molecule has 0 spiro atoms. The van der Waals surface area contributed by atoms with Crippen molar-refractivity contribution in [3.63, 3.8) is 0 Å². The summed E-state index contributed by atoms with van der Waals surface area (Å²) in [5.41, 5.74) is 10.5. The van der Waals surface area contributed by atoms with Gasteiger partial charge >= 0.3 is 0 Å². The Morgan fingerprint density at radius 1 is 0.657 bits per heavy atom. The highest BCUT2D eigenvalue weighted by Gasteiger charge is 2.13. The first-order chi connectivity index (χ1) is 17.3. The molecule has 0 amide bonds. The van der Waals surface area contributed by atoms with Gasteiger partial charge in [0.1, 0.15) is 11.2 Å². The van der Waals surface area contributed by atoms with Gasteiger partial charge < -0.3 is 4.42 Å². The Balaban J connectivity index is 0.00000124. The van der Waals surface area contributed by atoms with Crippen LogP contribution in [0.1, 0.15) is 37.0 Å². The van der Waals surface area contributed by atoms with Crippen LogP contribution in [0.2, 0.25) is 0 Å². The largest absolute Gasteiger partial charge is 0.455 e. The minimum absolute atomic E-state index is 0.921. The molecule has 172 valence electrons. The second kappa shape index (κ2) is 10.0. The summed E-state index contributed by atoms with van der Waals surface area (Å²) in [6, 6.07) is 32.1. The molecule has 0 unspecified atom stereocenters. The lowest BCUT2D eigenvalue weighted by Gasteiger charge is -2.07. The van der Waals surface area contributed by atoms with Crippen molar-refractivity contribution >= 4 is 33.1 Å². The standard InChI is InChI=1S/C32H24O.C2H6/c1-22-8-5-15-30-31(22)29-14-7-13-28(32(29)33-30)27-20-18-26(19-21-27)25-12-6-11-24(16-17-25)23-9-3-2-4-10-23;1-2/h2-11,13-21H,12H2,1H3;1-2H3. The van der Waals surface area contributed by atoms with E-state index in [0.29, 0.717) is 0 Å². The van der Waals surface area contributed by atoms with Crippen LogP contribution in [0, 0.1) is 6.92 Å². The Labute approximate surface area is 207 Å². The Morgan fingerprint density at radius 2 is 1.40 bits per heavy atom. The average Bonchev–Trinajstić information content (AvgIpc) is 3.14. The molecule has 1 aliphatic rings. The molecule has 1 aromatic heterocycles. The number of para-hydroxylation sites is 1. The third kappa shape index (κ3) is 4.38. The molecule has 1 heteroatoms. The van der Waals surface area contributed by atoms with Crippen molar-refractivity contribution in [3.05, 3.63) is 132 Å². The molecule has 1 aliphatic carbocycles. The van der Waals surface area contributed by atoms with Crippen molar-refractivity contribution in [1.29, 1.82) is 0 Å². The lowest BCUT2D eigenvalue weighted by molar-refractivity contribution is 0.670. The number of furan rings is 1. The third-order valence-electron chi connectivity index (χ3n) is 6.50. The van der Waals surface area contributed by atoms with Gasteiger partial charge in [-0.15, -0.1) is 0 Å². The molecule has 0 aliphatic heterocycles. The summed E-state index contributed by atoms with van der Waals surface area (Å²) in [5.74, 6) is 0. The molecule has 35 heavy (non-hydrogen) atoms. The smallest absolute Gasteiger partial charge is 0.143 e. The molecular formula is C34H30O. The van der Waals surface area contributed by atoms with Gasteiger partial charge in [-0.2, -0.15) is 0 Å². The second-order valence-corrected chi connectivity index (χ2v) is 8.60. The molecule has 1 nitrogen and oxygen atoms in total. The molecular weight excluding hydrogens is 424 g/mol. The number of benzene rings is 4. The molecule has 0 saturated heterocycles. The highest BCUT2D eigenvalue weighted by atomic mass is 16.3. The predicted octanol–water partition coefficient (Wildman–Crippen LogP) is 10.0. The Morgan fingerprint density at radius 3 is 2.20 bits per heavy atom. The molecule has 5 aromatic rings. The zero-order valence-electron chi connectivity index (χ0n) is 20.6. The summed E-state index contributed by atoms with van der Waals surface area (Å²) in [4.78, 5) is 0. The fourth-order valence-electron chi connectivity index (χ4n) is 4.78. The van der Waals surface area contributed by atoms with Crippen LogP contribution in [0.25, 0.3) is 44.2 Å². The SMILES string of the molecule is CC.Cc1cccc2oc3c(-c4ccc(C5=CC=C(c6ccccc6)C=CC5)cc4)cccc3c12. The van der Waals surface area contributed by atoms with Gasteiger partial charge in [0.15, 0.2) is 0 Å². The maximum absolute atomic E-state index is 6.31. The van der Waals surface area contributed by atoms with E-state index in [4.69, 9.17) is 4.42 Å². The van der Waals surface area contributed by atoms with Crippen LogP contribution in [0.4, 0.5) is 0 Å². The molecule has 0 atom stereocenters. The summed E-state index contributed by atoms with van der Waals surface area (Å²) in [6.45, 7) is 6.14. The van der Waals surface area contributed by atoms with Gasteiger partial charge in [0.25, 0.3) is 0 Å². The third-order valence-corrected chi connectivity index (χ3v) is 6.50. The molecule has 0 N–H and O–H groups in total. The first kappa shape index (κ1) is 22.7. The summed E-state index contributed by atoms with van der Waals surface area (Å²) < 4.78 is 6.31. The van der Waals surface area contributed by atoms with Crippen molar-refractivity contribution in [2.45, 2.75) is 27.2 Å². The van der Waals surface area contributed by atoms with Crippen molar-refractivity contribution in [3.8, 4) is 11.1 Å². The number of rotatable bonds is 3. The monoisotopic (exact) mass is 454 g/mol. The molecule has 0 fully saturated rings. The van der Waals surface area contributed by atoms with E-state index < -0.39 is 0 Å². The van der Waals surface area contributed by atoms with Crippen LogP contribution in [0.5, 0.6) is 0 Å². The number of hydrogen-bond acceptors (Lipinski definition) is 1. The highest BCUT2D eigenvalue weighted by Crippen LogP contribution is 2.37. The van der Waals surface area contributed by atoms with Crippen molar-refractivity contribution in [2.75, 3.05) is 0 Å². The fraction of sp³-hybridized carbons (Fsp3) is 0.118. The lowest BCUT2D eigenvalue weighted by atomic mass is 9.97. The minimum atomic E-state index is 0.921. The summed E-state index contributed by atoms with van der Waals surface area (Å²) >= 11 is 0. The van der Waals surface area contributed by atoms with Crippen LogP contribution in [-0.2, 0) is 0 Å². The van der Waals surface area contributed by atoms with Gasteiger partial charge in [-0.1, -0.05) is 123 Å². The van der Waals surface area contributed by atoms with E-state index in [2.05, 4.69) is 122 Å². The summed E-state index contributed by atoms with van der Waals surface area (Å²) in [5, 5.41) is 2.39. The Kier molecular flexibility index (Phi) is 6.50. The number of fused-ring (bicyclic) bond motifs is 3. The molecule has 4 aromatic carbocycles. The van der Waals surface area contributed by atoms with E-state index in [1.54, 1.807) is 0 Å². The Hall–Kier alpha value is -4.10. The second-order valence-electron chi connectivity index (χ2n) is 8.60. The van der Waals surface area contributed by atoms with Crippen LogP contribution < -0.4 is 0 Å². The minimum Gasteiger partial charge on any atom is -0.455 e. The topological polar surface area (TPSA) is 13.1 Å². The maximum atomic E-state index is 6.31. The van der Waals surface area contributed by atoms with E-state index in [0.717, 1.165) is 23.2 Å². The zero-order chi connectivity index (χ0) is 24.2. The van der Waals surface area contributed by atoms with Crippen LogP contribution in [0.15, 0.2) is 120 Å². The van der Waals surface area contributed by atoms with E-state index in [-0.39, 0.29) is 0 Å². The molecule has 0 bridgehead atoms. The van der Waals surface area contributed by atoms with Gasteiger partial charge in [0.2, 0.25) is 0 Å². The van der Waals surface area contributed by atoms with E-state index >= 15 is 0 Å². The summed E-state index contributed by atoms with van der Waals surface area (Å²) in [7, 11) is 0. The van der Waals surface area contributed by atoms with Gasteiger partial charge in [0, 0.05) is 16.3 Å². The molecule has 0 radical (unpaired) electrons. The molecule has 0 saturated carbocycles. The molecule has 1 heterocycles. The molecule has 6 rings (SSSR count). The van der Waals surface area contributed by atoms with Crippen LogP contribution in [-0.4, -0.2) is 0 Å². The highest BCUT2D eigenvalue weighted by molar-refractivity contribution is 6.10. The fourth-order valence-corrected chi connectivity index (χ4v) is 4.78. The van der Waals surface area contributed by atoms with Crippen LogP contribution >= 0.6 is 0 Å².